The lowest BCUT2D eigenvalue weighted by atomic mass is 9.95. The van der Waals surface area contributed by atoms with Gasteiger partial charge in [0.1, 0.15) is 0 Å². The van der Waals surface area contributed by atoms with Gasteiger partial charge in [-0.1, -0.05) is 0 Å². The number of nitrogens with zero attached hydrogens (tertiary/aromatic N) is 1. The minimum atomic E-state index is -0.0837. The molecule has 1 rings (SSSR count). The summed E-state index contributed by atoms with van der Waals surface area (Å²) in [6, 6.07) is 0.257. The van der Waals surface area contributed by atoms with Crippen LogP contribution in [0.2, 0.25) is 0 Å². The number of rotatable bonds is 2. The molecule has 82 valence electrons. The molecule has 1 saturated heterocycles. The predicted octanol–water partition coefficient (Wildman–Crippen LogP) is 0.0892. The maximum absolute atomic E-state index is 11.5. The van der Waals surface area contributed by atoms with Crippen LogP contribution in [0.4, 0.5) is 0 Å². The second-order valence-corrected chi connectivity index (χ2v) is 3.91. The topological polar surface area (TPSA) is 41.6 Å². The number of likely N-dealkylation sites (tertiary alicyclic amines) is 1. The molecule has 0 aromatic carbocycles. The number of ether oxygens (including phenoxy) is 1. The lowest BCUT2D eigenvalue weighted by Crippen LogP contribution is -2.38. The molecule has 0 radical (unpaired) electrons. The van der Waals surface area contributed by atoms with Gasteiger partial charge >= 0.3 is 5.97 Å². The fraction of sp³-hybridized carbons (Fsp3) is 0.900. The van der Waals surface area contributed by atoms with Crippen molar-refractivity contribution in [2.45, 2.75) is 18.9 Å². The minimum Gasteiger partial charge on any atom is -0.469 e. The Labute approximate surface area is 85.6 Å². The standard InChI is InChI=1S/C10H20N2O2/c1-11-9-5-7-12(2)6-4-8(9)10(13)14-3/h8-9,11H,4-7H2,1-3H3. The van der Waals surface area contributed by atoms with Gasteiger partial charge in [-0.15, -0.1) is 0 Å². The summed E-state index contributed by atoms with van der Waals surface area (Å²) in [4.78, 5) is 13.8. The molecule has 0 bridgehead atoms. The van der Waals surface area contributed by atoms with Crippen molar-refractivity contribution in [3.8, 4) is 0 Å². The van der Waals surface area contributed by atoms with E-state index in [0.29, 0.717) is 0 Å². The van der Waals surface area contributed by atoms with Crippen molar-refractivity contribution in [3.63, 3.8) is 0 Å². The summed E-state index contributed by atoms with van der Waals surface area (Å²) in [5.74, 6) is -0.0744. The van der Waals surface area contributed by atoms with Crippen molar-refractivity contribution in [1.82, 2.24) is 10.2 Å². The van der Waals surface area contributed by atoms with Crippen molar-refractivity contribution in [1.29, 1.82) is 0 Å². The van der Waals surface area contributed by atoms with Crippen LogP contribution in [0.5, 0.6) is 0 Å². The molecule has 1 N–H and O–H groups in total. The highest BCUT2D eigenvalue weighted by Gasteiger charge is 2.30. The zero-order chi connectivity index (χ0) is 10.6. The van der Waals surface area contributed by atoms with Crippen LogP contribution in [0.15, 0.2) is 0 Å². The van der Waals surface area contributed by atoms with E-state index in [1.165, 1.54) is 7.11 Å². The average Bonchev–Trinajstić information content (AvgIpc) is 2.39. The van der Waals surface area contributed by atoms with Crippen LogP contribution in [-0.4, -0.2) is 51.2 Å². The number of hydrogen-bond donors (Lipinski definition) is 1. The minimum absolute atomic E-state index is 0.00921. The molecule has 14 heavy (non-hydrogen) atoms. The summed E-state index contributed by atoms with van der Waals surface area (Å²) < 4.78 is 4.82. The van der Waals surface area contributed by atoms with Crippen molar-refractivity contribution in [2.24, 2.45) is 5.92 Å². The Morgan fingerprint density at radius 3 is 2.64 bits per heavy atom. The van der Waals surface area contributed by atoms with Gasteiger partial charge in [0, 0.05) is 6.04 Å². The molecule has 0 spiro atoms. The Morgan fingerprint density at radius 1 is 1.43 bits per heavy atom. The van der Waals surface area contributed by atoms with Crippen LogP contribution < -0.4 is 5.32 Å². The maximum atomic E-state index is 11.5. The average molecular weight is 200 g/mol. The molecule has 0 aromatic rings. The van der Waals surface area contributed by atoms with E-state index in [2.05, 4.69) is 17.3 Å². The van der Waals surface area contributed by atoms with E-state index in [9.17, 15) is 4.79 Å². The second kappa shape index (κ2) is 5.32. The molecule has 0 saturated carbocycles. The van der Waals surface area contributed by atoms with Gasteiger partial charge in [-0.2, -0.15) is 0 Å². The van der Waals surface area contributed by atoms with Crippen molar-refractivity contribution >= 4 is 5.97 Å². The third-order valence-electron chi connectivity index (χ3n) is 3.00. The van der Waals surface area contributed by atoms with Gasteiger partial charge in [0.05, 0.1) is 13.0 Å². The molecule has 0 aliphatic carbocycles. The van der Waals surface area contributed by atoms with Gasteiger partial charge in [0.2, 0.25) is 0 Å². The van der Waals surface area contributed by atoms with E-state index in [1.807, 2.05) is 7.05 Å². The first-order valence-corrected chi connectivity index (χ1v) is 5.12. The molecule has 1 aliphatic heterocycles. The molecule has 4 nitrogen and oxygen atoms in total. The summed E-state index contributed by atoms with van der Waals surface area (Å²) in [5.41, 5.74) is 0. The highest BCUT2D eigenvalue weighted by atomic mass is 16.5. The molecule has 4 heteroatoms. The fourth-order valence-corrected chi connectivity index (χ4v) is 2.01. The molecular formula is C10H20N2O2. The Morgan fingerprint density at radius 2 is 2.07 bits per heavy atom. The number of carbonyl (C=O) groups excluding carboxylic acids is 1. The molecule has 1 heterocycles. The van der Waals surface area contributed by atoms with E-state index >= 15 is 0 Å². The van der Waals surface area contributed by atoms with Crippen molar-refractivity contribution in [3.05, 3.63) is 0 Å². The van der Waals surface area contributed by atoms with Gasteiger partial charge in [-0.3, -0.25) is 4.79 Å². The van der Waals surface area contributed by atoms with E-state index in [0.717, 1.165) is 25.9 Å². The molecule has 1 aliphatic rings. The molecule has 2 unspecified atom stereocenters. The predicted molar refractivity (Wildman–Crippen MR) is 55.1 cm³/mol. The zero-order valence-corrected chi connectivity index (χ0v) is 9.25. The molecule has 0 aromatic heterocycles. The quantitative estimate of drug-likeness (QED) is 0.641. The fourth-order valence-electron chi connectivity index (χ4n) is 2.01. The SMILES string of the molecule is CNC1CCN(C)CCC1C(=O)OC. The van der Waals surface area contributed by atoms with Crippen LogP contribution in [0.25, 0.3) is 0 Å². The van der Waals surface area contributed by atoms with Crippen molar-refractivity contribution in [2.75, 3.05) is 34.3 Å². The molecule has 0 amide bonds. The summed E-state index contributed by atoms with van der Waals surface area (Å²) >= 11 is 0. The largest absolute Gasteiger partial charge is 0.469 e. The Kier molecular flexibility index (Phi) is 4.35. The number of nitrogens with one attached hydrogen (secondary N) is 1. The van der Waals surface area contributed by atoms with E-state index in [4.69, 9.17) is 4.74 Å². The first-order valence-electron chi connectivity index (χ1n) is 5.12. The number of methoxy groups -OCH3 is 1. The molecule has 1 fully saturated rings. The summed E-state index contributed by atoms with van der Waals surface area (Å²) in [5, 5.41) is 3.20. The van der Waals surface area contributed by atoms with Gasteiger partial charge < -0.3 is 15.0 Å². The monoisotopic (exact) mass is 200 g/mol. The van der Waals surface area contributed by atoms with Crippen LogP contribution in [-0.2, 0) is 9.53 Å². The zero-order valence-electron chi connectivity index (χ0n) is 9.25. The highest BCUT2D eigenvalue weighted by molar-refractivity contribution is 5.73. The third kappa shape index (κ3) is 2.69. The van der Waals surface area contributed by atoms with Gasteiger partial charge in [-0.05, 0) is 40.0 Å². The maximum Gasteiger partial charge on any atom is 0.310 e. The van der Waals surface area contributed by atoms with Crippen LogP contribution in [0.1, 0.15) is 12.8 Å². The smallest absolute Gasteiger partial charge is 0.310 e. The lowest BCUT2D eigenvalue weighted by Gasteiger charge is -2.21. The third-order valence-corrected chi connectivity index (χ3v) is 3.00. The van der Waals surface area contributed by atoms with E-state index < -0.39 is 0 Å². The van der Waals surface area contributed by atoms with Crippen LogP contribution >= 0.6 is 0 Å². The second-order valence-electron chi connectivity index (χ2n) is 3.91. The van der Waals surface area contributed by atoms with Crippen molar-refractivity contribution < 1.29 is 9.53 Å². The lowest BCUT2D eigenvalue weighted by molar-refractivity contribution is -0.146. The van der Waals surface area contributed by atoms with Gasteiger partial charge in [0.25, 0.3) is 0 Å². The molecular weight excluding hydrogens is 180 g/mol. The van der Waals surface area contributed by atoms with Gasteiger partial charge in [0.15, 0.2) is 0 Å². The first kappa shape index (κ1) is 11.5. The first-order chi connectivity index (χ1) is 6.69. The Hall–Kier alpha value is -0.610. The normalized spacial score (nSPS) is 29.6. The molecule has 2 atom stereocenters. The number of carbonyl (C=O) groups is 1. The number of hydrogen-bond acceptors (Lipinski definition) is 4. The Bertz CT molecular complexity index is 197. The Balaban J connectivity index is 2.63. The van der Waals surface area contributed by atoms with E-state index in [-0.39, 0.29) is 17.9 Å². The summed E-state index contributed by atoms with van der Waals surface area (Å²) in [6.07, 6.45) is 1.89. The highest BCUT2D eigenvalue weighted by Crippen LogP contribution is 2.18. The van der Waals surface area contributed by atoms with E-state index in [1.54, 1.807) is 0 Å². The van der Waals surface area contributed by atoms with Crippen LogP contribution in [0, 0.1) is 5.92 Å². The summed E-state index contributed by atoms with van der Waals surface area (Å²) in [6.45, 7) is 2.01. The summed E-state index contributed by atoms with van der Waals surface area (Å²) in [7, 11) is 5.46. The number of esters is 1. The van der Waals surface area contributed by atoms with Crippen LogP contribution in [0.3, 0.4) is 0 Å². The van der Waals surface area contributed by atoms with Gasteiger partial charge in [-0.25, -0.2) is 0 Å².